The largest absolute Gasteiger partial charge is 0.507 e. The summed E-state index contributed by atoms with van der Waals surface area (Å²) in [6.07, 6.45) is 0. The lowest BCUT2D eigenvalue weighted by atomic mass is 10.1. The number of anilines is 1. The van der Waals surface area contributed by atoms with E-state index in [2.05, 4.69) is 9.97 Å². The van der Waals surface area contributed by atoms with E-state index < -0.39 is 28.9 Å². The van der Waals surface area contributed by atoms with Gasteiger partial charge in [0.1, 0.15) is 34.6 Å². The fourth-order valence-electron chi connectivity index (χ4n) is 3.06. The predicted octanol–water partition coefficient (Wildman–Crippen LogP) is 2.85. The molecule has 6 nitrogen and oxygen atoms in total. The van der Waals surface area contributed by atoms with Crippen molar-refractivity contribution in [2.45, 2.75) is 26.7 Å². The van der Waals surface area contributed by atoms with Crippen molar-refractivity contribution < 1.29 is 18.7 Å². The number of rotatable bonds is 3. The molecule has 1 aliphatic heterocycles. The second kappa shape index (κ2) is 7.46. The van der Waals surface area contributed by atoms with Crippen molar-refractivity contribution in [2.75, 3.05) is 31.1 Å². The summed E-state index contributed by atoms with van der Waals surface area (Å²) < 4.78 is 27.1. The maximum atomic E-state index is 13.9. The minimum atomic E-state index is -1.06. The van der Waals surface area contributed by atoms with Crippen LogP contribution in [-0.4, -0.2) is 52.1 Å². The summed E-state index contributed by atoms with van der Waals surface area (Å²) in [6, 6.07) is 3.23. The SMILES string of the molecule is Cc1cc(N2CCN(C(=O)c3c(O)cc(F)cc3F)CC2)nc(C(C)C)n1. The fourth-order valence-corrected chi connectivity index (χ4v) is 3.06. The Hall–Kier alpha value is -2.77. The van der Waals surface area contributed by atoms with Crippen LogP contribution in [0.4, 0.5) is 14.6 Å². The summed E-state index contributed by atoms with van der Waals surface area (Å²) in [5.74, 6) is -1.55. The maximum absolute atomic E-state index is 13.9. The number of aryl methyl sites for hydroxylation is 1. The molecule has 3 rings (SSSR count). The van der Waals surface area contributed by atoms with E-state index in [1.54, 1.807) is 0 Å². The van der Waals surface area contributed by atoms with Crippen LogP contribution in [0.5, 0.6) is 5.75 Å². The molecule has 0 atom stereocenters. The number of benzene rings is 1. The summed E-state index contributed by atoms with van der Waals surface area (Å²) in [5, 5.41) is 9.76. The van der Waals surface area contributed by atoms with Crippen LogP contribution in [0.2, 0.25) is 0 Å². The lowest BCUT2D eigenvalue weighted by Gasteiger charge is -2.35. The van der Waals surface area contributed by atoms with Crippen molar-refractivity contribution in [1.29, 1.82) is 0 Å². The van der Waals surface area contributed by atoms with Crippen molar-refractivity contribution in [3.8, 4) is 5.75 Å². The van der Waals surface area contributed by atoms with Gasteiger partial charge in [-0.05, 0) is 6.92 Å². The van der Waals surface area contributed by atoms with Crippen molar-refractivity contribution >= 4 is 11.7 Å². The number of carbonyl (C=O) groups is 1. The number of hydrogen-bond acceptors (Lipinski definition) is 5. The molecule has 27 heavy (non-hydrogen) atoms. The minimum Gasteiger partial charge on any atom is -0.507 e. The molecule has 0 saturated carbocycles. The smallest absolute Gasteiger partial charge is 0.260 e. The van der Waals surface area contributed by atoms with Crippen LogP contribution in [0, 0.1) is 18.6 Å². The van der Waals surface area contributed by atoms with Gasteiger partial charge >= 0.3 is 0 Å². The Balaban J connectivity index is 1.73. The molecule has 144 valence electrons. The lowest BCUT2D eigenvalue weighted by Crippen LogP contribution is -2.49. The van der Waals surface area contributed by atoms with Crippen LogP contribution in [0.1, 0.15) is 41.6 Å². The number of halogens is 2. The first-order valence-electron chi connectivity index (χ1n) is 8.84. The summed E-state index contributed by atoms with van der Waals surface area (Å²) in [6.45, 7) is 7.69. The Morgan fingerprint density at radius 3 is 2.37 bits per heavy atom. The van der Waals surface area contributed by atoms with Crippen LogP contribution >= 0.6 is 0 Å². The summed E-state index contributed by atoms with van der Waals surface area (Å²) in [4.78, 5) is 25.1. The van der Waals surface area contributed by atoms with Gasteiger partial charge in [0, 0.05) is 56.0 Å². The van der Waals surface area contributed by atoms with Gasteiger partial charge in [0.2, 0.25) is 0 Å². The first-order valence-corrected chi connectivity index (χ1v) is 8.84. The Kier molecular flexibility index (Phi) is 5.25. The highest BCUT2D eigenvalue weighted by atomic mass is 19.1. The Labute approximate surface area is 156 Å². The van der Waals surface area contributed by atoms with Gasteiger partial charge in [0.15, 0.2) is 0 Å². The molecule has 1 N–H and O–H groups in total. The van der Waals surface area contributed by atoms with E-state index in [0.29, 0.717) is 32.2 Å². The zero-order valence-electron chi connectivity index (χ0n) is 15.5. The van der Waals surface area contributed by atoms with E-state index in [0.717, 1.165) is 23.4 Å². The molecule has 1 fully saturated rings. The minimum absolute atomic E-state index is 0.205. The topological polar surface area (TPSA) is 69.6 Å². The van der Waals surface area contributed by atoms with Gasteiger partial charge in [-0.2, -0.15) is 0 Å². The van der Waals surface area contributed by atoms with Crippen molar-refractivity contribution in [3.05, 3.63) is 46.9 Å². The fraction of sp³-hybridized carbons (Fsp3) is 0.421. The van der Waals surface area contributed by atoms with E-state index >= 15 is 0 Å². The first-order chi connectivity index (χ1) is 12.8. The molecule has 1 aromatic heterocycles. The second-order valence-electron chi connectivity index (χ2n) is 6.94. The number of phenolic OH excluding ortho intramolecular Hbond substituents is 1. The summed E-state index contributed by atoms with van der Waals surface area (Å²) in [7, 11) is 0. The monoisotopic (exact) mass is 376 g/mol. The molecule has 1 amide bonds. The van der Waals surface area contributed by atoms with Crippen molar-refractivity contribution in [1.82, 2.24) is 14.9 Å². The number of amides is 1. The standard InChI is InChI=1S/C19H22F2N4O2/c1-11(2)18-22-12(3)8-16(23-18)24-4-6-25(7-5-24)19(27)17-14(21)9-13(20)10-15(17)26/h8-11,26H,4-7H2,1-3H3. The molecular formula is C19H22F2N4O2. The van der Waals surface area contributed by atoms with Crippen LogP contribution in [-0.2, 0) is 0 Å². The molecule has 2 heterocycles. The molecule has 2 aromatic rings. The first kappa shape index (κ1) is 19.0. The van der Waals surface area contributed by atoms with E-state index in [1.807, 2.05) is 31.7 Å². The zero-order valence-corrected chi connectivity index (χ0v) is 15.5. The number of phenols is 1. The maximum Gasteiger partial charge on any atom is 0.260 e. The molecular weight excluding hydrogens is 354 g/mol. The molecule has 1 saturated heterocycles. The van der Waals surface area contributed by atoms with Gasteiger partial charge in [-0.25, -0.2) is 18.7 Å². The van der Waals surface area contributed by atoms with E-state index in [1.165, 1.54) is 4.90 Å². The third-order valence-electron chi connectivity index (χ3n) is 4.51. The normalized spacial score (nSPS) is 14.7. The second-order valence-corrected chi connectivity index (χ2v) is 6.94. The van der Waals surface area contributed by atoms with Crippen molar-refractivity contribution in [2.24, 2.45) is 0 Å². The molecule has 0 radical (unpaired) electrons. The predicted molar refractivity (Wildman–Crippen MR) is 97.0 cm³/mol. The van der Waals surface area contributed by atoms with Gasteiger partial charge < -0.3 is 14.9 Å². The van der Waals surface area contributed by atoms with Crippen LogP contribution in [0.15, 0.2) is 18.2 Å². The van der Waals surface area contributed by atoms with Crippen LogP contribution in [0.3, 0.4) is 0 Å². The summed E-state index contributed by atoms with van der Waals surface area (Å²) >= 11 is 0. The van der Waals surface area contributed by atoms with E-state index in [4.69, 9.17) is 0 Å². The van der Waals surface area contributed by atoms with Crippen LogP contribution in [0.25, 0.3) is 0 Å². The molecule has 0 spiro atoms. The van der Waals surface area contributed by atoms with Gasteiger partial charge in [-0.15, -0.1) is 0 Å². The molecule has 0 aliphatic carbocycles. The van der Waals surface area contributed by atoms with E-state index in [-0.39, 0.29) is 5.92 Å². The number of aromatic nitrogens is 2. The Bertz CT molecular complexity index is 842. The molecule has 0 bridgehead atoms. The number of carbonyl (C=O) groups excluding carboxylic acids is 1. The molecule has 8 heteroatoms. The molecule has 1 aliphatic rings. The molecule has 1 aromatic carbocycles. The lowest BCUT2D eigenvalue weighted by molar-refractivity contribution is 0.0738. The third kappa shape index (κ3) is 3.99. The zero-order chi connectivity index (χ0) is 19.7. The van der Waals surface area contributed by atoms with Gasteiger partial charge in [0.05, 0.1) is 0 Å². The van der Waals surface area contributed by atoms with Crippen molar-refractivity contribution in [3.63, 3.8) is 0 Å². The summed E-state index contributed by atoms with van der Waals surface area (Å²) in [5.41, 5.74) is 0.380. The molecule has 0 unspecified atom stereocenters. The number of aromatic hydroxyl groups is 1. The van der Waals surface area contributed by atoms with E-state index in [9.17, 15) is 18.7 Å². The van der Waals surface area contributed by atoms with Crippen LogP contribution < -0.4 is 4.90 Å². The van der Waals surface area contributed by atoms with Gasteiger partial charge in [-0.3, -0.25) is 4.79 Å². The highest BCUT2D eigenvalue weighted by Gasteiger charge is 2.27. The highest BCUT2D eigenvalue weighted by molar-refractivity contribution is 5.97. The average molecular weight is 376 g/mol. The van der Waals surface area contributed by atoms with Gasteiger partial charge in [0.25, 0.3) is 5.91 Å². The Morgan fingerprint density at radius 2 is 1.78 bits per heavy atom. The number of piperazine rings is 1. The third-order valence-corrected chi connectivity index (χ3v) is 4.51. The highest BCUT2D eigenvalue weighted by Crippen LogP contribution is 2.25. The Morgan fingerprint density at radius 1 is 1.11 bits per heavy atom. The number of nitrogens with zero attached hydrogens (tertiary/aromatic N) is 4. The van der Waals surface area contributed by atoms with Gasteiger partial charge in [-0.1, -0.05) is 13.8 Å². The number of hydrogen-bond donors (Lipinski definition) is 1. The average Bonchev–Trinajstić information content (AvgIpc) is 2.60. The quantitative estimate of drug-likeness (QED) is 0.892.